The maximum absolute atomic E-state index is 12.4. The molecule has 0 radical (unpaired) electrons. The normalized spacial score (nSPS) is 48.3. The Morgan fingerprint density at radius 2 is 1.72 bits per heavy atom. The molecule has 1 saturated heterocycles. The van der Waals surface area contributed by atoms with E-state index >= 15 is 0 Å². The van der Waals surface area contributed by atoms with Crippen molar-refractivity contribution in [3.8, 4) is 0 Å². The highest BCUT2D eigenvalue weighted by molar-refractivity contribution is 5.94. The Morgan fingerprint density at radius 3 is 2.55 bits per heavy atom. The molecule has 5 unspecified atom stereocenters. The van der Waals surface area contributed by atoms with E-state index < -0.39 is 17.2 Å². The average molecular weight is 398 g/mol. The summed E-state index contributed by atoms with van der Waals surface area (Å²) in [4.78, 5) is 24.5. The molecule has 2 bridgehead atoms. The van der Waals surface area contributed by atoms with Crippen molar-refractivity contribution in [2.75, 3.05) is 0 Å². The maximum Gasteiger partial charge on any atom is 0.339 e. The summed E-state index contributed by atoms with van der Waals surface area (Å²) < 4.78 is 12.7. The Bertz CT molecular complexity index is 837. The van der Waals surface area contributed by atoms with Crippen LogP contribution < -0.4 is 0 Å². The summed E-state index contributed by atoms with van der Waals surface area (Å²) in [5.74, 6) is 0.713. The Morgan fingerprint density at radius 1 is 0.931 bits per heavy atom. The molecule has 29 heavy (non-hydrogen) atoms. The largest absolute Gasteiger partial charge is 0.451 e. The average Bonchev–Trinajstić information content (AvgIpc) is 3.21. The van der Waals surface area contributed by atoms with E-state index in [0.29, 0.717) is 43.1 Å². The van der Waals surface area contributed by atoms with Crippen LogP contribution in [-0.4, -0.2) is 17.5 Å². The van der Waals surface area contributed by atoms with E-state index in [9.17, 15) is 4.79 Å². The van der Waals surface area contributed by atoms with Crippen molar-refractivity contribution >= 4 is 5.97 Å². The predicted molar refractivity (Wildman–Crippen MR) is 104 cm³/mol. The lowest BCUT2D eigenvalue weighted by Crippen LogP contribution is -2.54. The monoisotopic (exact) mass is 398 g/mol. The maximum atomic E-state index is 12.4. The van der Waals surface area contributed by atoms with Crippen LogP contribution in [0.4, 0.5) is 0 Å². The first-order valence-corrected chi connectivity index (χ1v) is 11.3. The highest BCUT2D eigenvalue weighted by Gasteiger charge is 2.64. The lowest BCUT2D eigenvalue weighted by atomic mass is 9.62. The molecular formula is C24H30O5. The number of ether oxygens (including phenoxy) is 2. The van der Waals surface area contributed by atoms with E-state index in [1.54, 1.807) is 0 Å². The highest BCUT2D eigenvalue weighted by atomic mass is 17.3. The molecule has 1 aromatic carbocycles. The van der Waals surface area contributed by atoms with Crippen LogP contribution in [0.5, 0.6) is 0 Å². The quantitative estimate of drug-likeness (QED) is 0.450. The smallest absolute Gasteiger partial charge is 0.339 e. The number of hydrogen-bond donors (Lipinski definition) is 0. The topological polar surface area (TPSA) is 54.0 Å². The van der Waals surface area contributed by atoms with Gasteiger partial charge < -0.3 is 9.47 Å². The van der Waals surface area contributed by atoms with E-state index in [0.717, 1.165) is 30.2 Å². The first-order chi connectivity index (χ1) is 13.9. The summed E-state index contributed by atoms with van der Waals surface area (Å²) in [6.07, 6.45) is 7.56. The van der Waals surface area contributed by atoms with Crippen LogP contribution in [-0.2, 0) is 24.8 Å². The van der Waals surface area contributed by atoms with Crippen LogP contribution >= 0.6 is 0 Å². The van der Waals surface area contributed by atoms with Crippen molar-refractivity contribution < 1.29 is 24.0 Å². The van der Waals surface area contributed by atoms with Gasteiger partial charge in [-0.05, 0) is 56.4 Å². The number of carbonyl (C=O) groups is 1. The molecule has 3 spiro atoms. The molecule has 3 aliphatic carbocycles. The fraction of sp³-hybridized carbons (Fsp3) is 0.708. The third kappa shape index (κ3) is 2.53. The van der Waals surface area contributed by atoms with Crippen molar-refractivity contribution in [1.82, 2.24) is 0 Å². The molecule has 0 amide bonds. The Hall–Kier alpha value is -1.43. The third-order valence-electron chi connectivity index (χ3n) is 8.40. The van der Waals surface area contributed by atoms with E-state index in [-0.39, 0.29) is 5.97 Å². The second-order valence-electron chi connectivity index (χ2n) is 10.3. The van der Waals surface area contributed by atoms with Gasteiger partial charge in [0.2, 0.25) is 11.6 Å². The summed E-state index contributed by atoms with van der Waals surface area (Å²) >= 11 is 0. The number of carbonyl (C=O) groups excluding carboxylic acids is 1. The van der Waals surface area contributed by atoms with Gasteiger partial charge in [-0.2, -0.15) is 9.78 Å². The molecule has 5 atom stereocenters. The zero-order valence-corrected chi connectivity index (χ0v) is 17.3. The second kappa shape index (κ2) is 6.05. The first-order valence-electron chi connectivity index (χ1n) is 11.3. The molecule has 0 aromatic heterocycles. The second-order valence-corrected chi connectivity index (χ2v) is 10.3. The van der Waals surface area contributed by atoms with Crippen molar-refractivity contribution in [2.24, 2.45) is 23.7 Å². The number of fused-ring (bicyclic) bond motifs is 5. The minimum atomic E-state index is -0.711. The fourth-order valence-corrected chi connectivity index (χ4v) is 7.07. The Labute approximate surface area is 172 Å². The van der Waals surface area contributed by atoms with Gasteiger partial charge in [0, 0.05) is 30.2 Å². The molecule has 3 saturated carbocycles. The number of hydrogen-bond acceptors (Lipinski definition) is 5. The molecule has 5 heteroatoms. The van der Waals surface area contributed by atoms with Crippen LogP contribution in [0.1, 0.15) is 81.1 Å². The number of benzene rings is 1. The van der Waals surface area contributed by atoms with Crippen LogP contribution in [0.2, 0.25) is 0 Å². The summed E-state index contributed by atoms with van der Waals surface area (Å²) in [7, 11) is 0. The van der Waals surface area contributed by atoms with Crippen molar-refractivity contribution in [2.45, 2.75) is 82.4 Å². The van der Waals surface area contributed by atoms with Crippen molar-refractivity contribution in [1.29, 1.82) is 0 Å². The molecule has 2 heterocycles. The molecule has 2 aliphatic heterocycles. The molecule has 6 rings (SSSR count). The van der Waals surface area contributed by atoms with E-state index in [1.807, 2.05) is 24.3 Å². The molecule has 0 N–H and O–H groups in total. The van der Waals surface area contributed by atoms with Crippen molar-refractivity contribution in [3.05, 3.63) is 35.4 Å². The minimum absolute atomic E-state index is 0.208. The third-order valence-corrected chi connectivity index (χ3v) is 8.40. The zero-order chi connectivity index (χ0) is 19.9. The van der Waals surface area contributed by atoms with Gasteiger partial charge in [-0.15, -0.1) is 0 Å². The van der Waals surface area contributed by atoms with Crippen LogP contribution in [0.25, 0.3) is 0 Å². The summed E-state index contributed by atoms with van der Waals surface area (Å²) in [5, 5.41) is 0. The van der Waals surface area contributed by atoms with Gasteiger partial charge in [-0.1, -0.05) is 32.0 Å². The fourth-order valence-electron chi connectivity index (χ4n) is 7.07. The molecule has 5 aliphatic rings. The van der Waals surface area contributed by atoms with Gasteiger partial charge in [0.05, 0.1) is 5.56 Å². The number of rotatable bonds is 0. The van der Waals surface area contributed by atoms with Crippen LogP contribution in [0.3, 0.4) is 0 Å². The van der Waals surface area contributed by atoms with E-state index in [1.165, 1.54) is 12.8 Å². The van der Waals surface area contributed by atoms with Gasteiger partial charge in [0.25, 0.3) is 0 Å². The van der Waals surface area contributed by atoms with Crippen LogP contribution in [0.15, 0.2) is 24.3 Å². The zero-order valence-electron chi connectivity index (χ0n) is 17.3. The van der Waals surface area contributed by atoms with Crippen molar-refractivity contribution in [3.63, 3.8) is 0 Å². The summed E-state index contributed by atoms with van der Waals surface area (Å²) in [6, 6.07) is 7.77. The van der Waals surface area contributed by atoms with Crippen LogP contribution in [0, 0.1) is 23.7 Å². The van der Waals surface area contributed by atoms with Gasteiger partial charge in [-0.3, -0.25) is 0 Å². The Kier molecular flexibility index (Phi) is 3.83. The minimum Gasteiger partial charge on any atom is -0.451 e. The number of esters is 1. The molecule has 4 fully saturated rings. The van der Waals surface area contributed by atoms with E-state index in [2.05, 4.69) is 13.8 Å². The summed E-state index contributed by atoms with van der Waals surface area (Å²) in [6.45, 7) is 4.61. The predicted octanol–water partition coefficient (Wildman–Crippen LogP) is 5.09. The van der Waals surface area contributed by atoms with Gasteiger partial charge in [0.15, 0.2) is 0 Å². The van der Waals surface area contributed by atoms with Gasteiger partial charge in [-0.25, -0.2) is 4.79 Å². The Balaban J connectivity index is 1.24. The standard InChI is InChI=1S/C24H30O5/c1-15-11-17-13-16(2)24(18(12-15)14-17)27-23(28-29-24)9-7-22(8-10-23)20-6-4-3-5-19(20)21(25)26-22/h3-6,15-18H,7-14H2,1-2H3. The highest BCUT2D eigenvalue weighted by Crippen LogP contribution is 2.60. The lowest BCUT2D eigenvalue weighted by Gasteiger charge is -2.50. The lowest BCUT2D eigenvalue weighted by molar-refractivity contribution is -0.381. The molecule has 1 aromatic rings. The molecule has 156 valence electrons. The first kappa shape index (κ1) is 18.3. The van der Waals surface area contributed by atoms with E-state index in [4.69, 9.17) is 19.2 Å². The van der Waals surface area contributed by atoms with Gasteiger partial charge >= 0.3 is 5.97 Å². The SMILES string of the molecule is CC1CC2CC(C)C3(OOC4(CCC5(CC4)OC(=O)c4ccccc45)O3)C(C1)C2. The summed E-state index contributed by atoms with van der Waals surface area (Å²) in [5.41, 5.74) is 1.18. The van der Waals surface area contributed by atoms with Gasteiger partial charge in [0.1, 0.15) is 5.60 Å². The molecule has 5 nitrogen and oxygen atoms in total. The molecular weight excluding hydrogens is 368 g/mol.